The van der Waals surface area contributed by atoms with Crippen LogP contribution in [0.3, 0.4) is 0 Å². The standard InChI is InChI=1S/C13H18ClN/c1-5-6-12-10(2)7-11(8-13(12)14)9-15(3)4/h5-8H,9H2,1-4H3/b6-5+. The number of hydrogen-bond acceptors (Lipinski definition) is 1. The maximum Gasteiger partial charge on any atom is 0.0484 e. The fourth-order valence-corrected chi connectivity index (χ4v) is 2.01. The van der Waals surface area contributed by atoms with Crippen LogP contribution in [0.1, 0.15) is 23.6 Å². The van der Waals surface area contributed by atoms with E-state index < -0.39 is 0 Å². The van der Waals surface area contributed by atoms with Gasteiger partial charge in [-0.2, -0.15) is 0 Å². The van der Waals surface area contributed by atoms with E-state index >= 15 is 0 Å². The van der Waals surface area contributed by atoms with Gasteiger partial charge in [-0.15, -0.1) is 0 Å². The molecule has 0 atom stereocenters. The predicted molar refractivity (Wildman–Crippen MR) is 68.3 cm³/mol. The highest BCUT2D eigenvalue weighted by molar-refractivity contribution is 6.32. The Morgan fingerprint density at radius 2 is 2.00 bits per heavy atom. The fourth-order valence-electron chi connectivity index (χ4n) is 1.66. The van der Waals surface area contributed by atoms with Crippen LogP contribution in [0.4, 0.5) is 0 Å². The molecule has 0 radical (unpaired) electrons. The van der Waals surface area contributed by atoms with Gasteiger partial charge in [0.25, 0.3) is 0 Å². The SMILES string of the molecule is C/C=C/c1c(C)cc(CN(C)C)cc1Cl. The number of hydrogen-bond donors (Lipinski definition) is 0. The summed E-state index contributed by atoms with van der Waals surface area (Å²) in [6.07, 6.45) is 4.07. The Labute approximate surface area is 97.4 Å². The van der Waals surface area contributed by atoms with Crippen molar-refractivity contribution in [1.29, 1.82) is 0 Å². The van der Waals surface area contributed by atoms with E-state index in [1.807, 2.05) is 19.1 Å². The van der Waals surface area contributed by atoms with E-state index in [9.17, 15) is 0 Å². The Morgan fingerprint density at radius 3 is 2.47 bits per heavy atom. The molecule has 1 nitrogen and oxygen atoms in total. The first-order valence-electron chi connectivity index (χ1n) is 5.11. The van der Waals surface area contributed by atoms with Crippen LogP contribution in [-0.2, 0) is 6.54 Å². The van der Waals surface area contributed by atoms with Gasteiger partial charge in [0.2, 0.25) is 0 Å². The topological polar surface area (TPSA) is 3.24 Å². The number of rotatable bonds is 3. The van der Waals surface area contributed by atoms with Crippen molar-refractivity contribution in [2.75, 3.05) is 14.1 Å². The van der Waals surface area contributed by atoms with Crippen LogP contribution in [0.15, 0.2) is 18.2 Å². The highest BCUT2D eigenvalue weighted by atomic mass is 35.5. The van der Waals surface area contributed by atoms with Gasteiger partial charge in [0.15, 0.2) is 0 Å². The molecule has 0 heterocycles. The van der Waals surface area contributed by atoms with E-state index in [4.69, 9.17) is 11.6 Å². The van der Waals surface area contributed by atoms with Gasteiger partial charge in [-0.05, 0) is 50.7 Å². The molecule has 0 saturated heterocycles. The van der Waals surface area contributed by atoms with Crippen LogP contribution in [0.25, 0.3) is 6.08 Å². The molecule has 0 bridgehead atoms. The molecule has 0 aliphatic rings. The summed E-state index contributed by atoms with van der Waals surface area (Å²) in [5, 5.41) is 0.838. The molecule has 0 spiro atoms. The van der Waals surface area contributed by atoms with E-state index in [1.54, 1.807) is 0 Å². The second kappa shape index (κ2) is 5.34. The van der Waals surface area contributed by atoms with Crippen LogP contribution in [0.2, 0.25) is 5.02 Å². The van der Waals surface area contributed by atoms with Gasteiger partial charge in [-0.3, -0.25) is 0 Å². The third-order valence-electron chi connectivity index (χ3n) is 2.23. The molecule has 0 aliphatic heterocycles. The largest absolute Gasteiger partial charge is 0.305 e. The predicted octanol–water partition coefficient (Wildman–Crippen LogP) is 3.74. The molecule has 82 valence electrons. The summed E-state index contributed by atoms with van der Waals surface area (Å²) in [6, 6.07) is 4.24. The molecule has 1 rings (SSSR count). The molecule has 0 amide bonds. The minimum atomic E-state index is 0.838. The smallest absolute Gasteiger partial charge is 0.0484 e. The second-order valence-electron chi connectivity index (χ2n) is 4.05. The lowest BCUT2D eigenvalue weighted by Gasteiger charge is -2.12. The quantitative estimate of drug-likeness (QED) is 0.755. The summed E-state index contributed by atoms with van der Waals surface area (Å²) in [4.78, 5) is 2.14. The summed E-state index contributed by atoms with van der Waals surface area (Å²) < 4.78 is 0. The van der Waals surface area contributed by atoms with Crippen LogP contribution >= 0.6 is 11.6 Å². The van der Waals surface area contributed by atoms with Crippen molar-refractivity contribution in [2.24, 2.45) is 0 Å². The van der Waals surface area contributed by atoms with E-state index in [0.29, 0.717) is 0 Å². The molecular weight excluding hydrogens is 206 g/mol. The Hall–Kier alpha value is -0.790. The highest BCUT2D eigenvalue weighted by Crippen LogP contribution is 2.24. The van der Waals surface area contributed by atoms with Gasteiger partial charge in [-0.25, -0.2) is 0 Å². The Kier molecular flexibility index (Phi) is 4.37. The first-order chi connectivity index (χ1) is 7.04. The van der Waals surface area contributed by atoms with Gasteiger partial charge >= 0.3 is 0 Å². The molecule has 2 heteroatoms. The molecule has 0 fully saturated rings. The molecule has 0 aromatic heterocycles. The van der Waals surface area contributed by atoms with Gasteiger partial charge in [-0.1, -0.05) is 29.8 Å². The van der Waals surface area contributed by atoms with Gasteiger partial charge in [0.05, 0.1) is 0 Å². The van der Waals surface area contributed by atoms with Crippen molar-refractivity contribution in [3.05, 3.63) is 39.9 Å². The van der Waals surface area contributed by atoms with Gasteiger partial charge in [0.1, 0.15) is 0 Å². The van der Waals surface area contributed by atoms with Crippen molar-refractivity contribution in [3.63, 3.8) is 0 Å². The monoisotopic (exact) mass is 223 g/mol. The zero-order valence-electron chi connectivity index (χ0n) is 9.84. The maximum absolute atomic E-state index is 6.23. The normalized spacial score (nSPS) is 11.6. The fraction of sp³-hybridized carbons (Fsp3) is 0.385. The summed E-state index contributed by atoms with van der Waals surface area (Å²) in [7, 11) is 4.12. The first kappa shape index (κ1) is 12.3. The molecule has 0 N–H and O–H groups in total. The van der Waals surface area contributed by atoms with E-state index in [0.717, 1.165) is 17.1 Å². The third-order valence-corrected chi connectivity index (χ3v) is 2.54. The number of allylic oxidation sites excluding steroid dienone is 1. The first-order valence-corrected chi connectivity index (χ1v) is 5.49. The van der Waals surface area contributed by atoms with E-state index in [2.05, 4.69) is 38.1 Å². The molecule has 0 saturated carbocycles. The lowest BCUT2D eigenvalue weighted by atomic mass is 10.0. The van der Waals surface area contributed by atoms with Crippen LogP contribution in [0.5, 0.6) is 0 Å². The number of benzene rings is 1. The van der Waals surface area contributed by atoms with E-state index in [1.165, 1.54) is 11.1 Å². The Balaban J connectivity index is 3.08. The van der Waals surface area contributed by atoms with Crippen LogP contribution < -0.4 is 0 Å². The number of aryl methyl sites for hydroxylation is 1. The highest BCUT2D eigenvalue weighted by Gasteiger charge is 2.04. The zero-order chi connectivity index (χ0) is 11.4. The summed E-state index contributed by atoms with van der Waals surface area (Å²) in [5.74, 6) is 0. The second-order valence-corrected chi connectivity index (χ2v) is 4.45. The minimum Gasteiger partial charge on any atom is -0.305 e. The summed E-state index contributed by atoms with van der Waals surface area (Å²) in [5.41, 5.74) is 3.62. The average Bonchev–Trinajstić information content (AvgIpc) is 2.10. The lowest BCUT2D eigenvalue weighted by molar-refractivity contribution is 0.402. The van der Waals surface area contributed by atoms with Crippen molar-refractivity contribution in [1.82, 2.24) is 4.90 Å². The Morgan fingerprint density at radius 1 is 1.33 bits per heavy atom. The van der Waals surface area contributed by atoms with Gasteiger partial charge in [0, 0.05) is 11.6 Å². The summed E-state index contributed by atoms with van der Waals surface area (Å²) in [6.45, 7) is 5.03. The minimum absolute atomic E-state index is 0.838. The van der Waals surface area contributed by atoms with Crippen molar-refractivity contribution in [2.45, 2.75) is 20.4 Å². The number of halogens is 1. The van der Waals surface area contributed by atoms with Gasteiger partial charge < -0.3 is 4.90 Å². The Bertz CT molecular complexity index is 344. The maximum atomic E-state index is 6.23. The van der Waals surface area contributed by atoms with Crippen molar-refractivity contribution < 1.29 is 0 Å². The molecule has 1 aromatic carbocycles. The molecule has 15 heavy (non-hydrogen) atoms. The lowest BCUT2D eigenvalue weighted by Crippen LogP contribution is -2.10. The van der Waals surface area contributed by atoms with Crippen molar-refractivity contribution in [3.8, 4) is 0 Å². The molecule has 1 aromatic rings. The molecule has 0 unspecified atom stereocenters. The average molecular weight is 224 g/mol. The zero-order valence-corrected chi connectivity index (χ0v) is 10.6. The molecular formula is C13H18ClN. The van der Waals surface area contributed by atoms with Crippen LogP contribution in [0, 0.1) is 6.92 Å². The summed E-state index contributed by atoms with van der Waals surface area (Å²) >= 11 is 6.23. The molecule has 0 aliphatic carbocycles. The van der Waals surface area contributed by atoms with Crippen molar-refractivity contribution >= 4 is 17.7 Å². The third kappa shape index (κ3) is 3.37. The van der Waals surface area contributed by atoms with Crippen LogP contribution in [-0.4, -0.2) is 19.0 Å². The number of nitrogens with zero attached hydrogens (tertiary/aromatic N) is 1. The van der Waals surface area contributed by atoms with E-state index in [-0.39, 0.29) is 0 Å².